The van der Waals surface area contributed by atoms with E-state index < -0.39 is 6.04 Å². The number of hydrogen-bond donors (Lipinski definition) is 1. The van der Waals surface area contributed by atoms with Crippen LogP contribution in [0.2, 0.25) is 0 Å². The van der Waals surface area contributed by atoms with Crippen molar-refractivity contribution in [3.8, 4) is 0 Å². The molecule has 6 heteroatoms. The van der Waals surface area contributed by atoms with E-state index in [4.69, 9.17) is 5.73 Å². The third-order valence-corrected chi connectivity index (χ3v) is 3.49. The van der Waals surface area contributed by atoms with Crippen LogP contribution < -0.4 is 5.73 Å². The summed E-state index contributed by atoms with van der Waals surface area (Å²) >= 11 is 1.75. The number of aryl methyl sites for hydroxylation is 1. The van der Waals surface area contributed by atoms with Crippen LogP contribution in [0.4, 0.5) is 0 Å². The lowest BCUT2D eigenvalue weighted by Crippen LogP contribution is -2.31. The number of rotatable bonds is 7. The minimum Gasteiger partial charge on any atom is -0.468 e. The van der Waals surface area contributed by atoms with Gasteiger partial charge in [0.1, 0.15) is 6.04 Å². The van der Waals surface area contributed by atoms with Crippen molar-refractivity contribution in [2.45, 2.75) is 31.7 Å². The Bertz CT molecular complexity index is 354. The molecule has 1 aromatic heterocycles. The molecule has 1 rings (SSSR count). The van der Waals surface area contributed by atoms with Crippen molar-refractivity contribution in [3.63, 3.8) is 0 Å². The van der Waals surface area contributed by atoms with Crippen molar-refractivity contribution in [2.24, 2.45) is 5.73 Å². The van der Waals surface area contributed by atoms with E-state index in [1.807, 2.05) is 12.5 Å². The molecule has 0 aromatic carbocycles. The molecule has 0 aliphatic carbocycles. The van der Waals surface area contributed by atoms with Crippen molar-refractivity contribution in [1.29, 1.82) is 0 Å². The fourth-order valence-corrected chi connectivity index (χ4v) is 2.42. The summed E-state index contributed by atoms with van der Waals surface area (Å²) in [5.41, 5.74) is 6.84. The molecule has 1 heterocycles. The molecule has 0 fully saturated rings. The number of nitrogens with zero attached hydrogens (tertiary/aromatic N) is 2. The minimum absolute atomic E-state index is 0.343. The summed E-state index contributed by atoms with van der Waals surface area (Å²) in [6.07, 6.45) is 4.34. The Kier molecular flexibility index (Phi) is 6.07. The van der Waals surface area contributed by atoms with Gasteiger partial charge in [0.25, 0.3) is 0 Å². The second kappa shape index (κ2) is 7.34. The first-order valence-corrected chi connectivity index (χ1v) is 6.74. The largest absolute Gasteiger partial charge is 0.468 e. The third-order valence-electron chi connectivity index (χ3n) is 2.47. The Morgan fingerprint density at radius 1 is 1.71 bits per heavy atom. The van der Waals surface area contributed by atoms with E-state index in [-0.39, 0.29) is 5.97 Å². The molecule has 5 nitrogen and oxygen atoms in total. The Balaban J connectivity index is 2.22. The highest BCUT2D eigenvalue weighted by Gasteiger charge is 2.12. The predicted molar refractivity (Wildman–Crippen MR) is 68.7 cm³/mol. The quantitative estimate of drug-likeness (QED) is 0.583. The number of carbonyl (C=O) groups excluding carboxylic acids is 1. The van der Waals surface area contributed by atoms with Gasteiger partial charge >= 0.3 is 5.97 Å². The molecule has 0 aliphatic rings. The molecule has 96 valence electrons. The first-order chi connectivity index (χ1) is 8.19. The van der Waals surface area contributed by atoms with Gasteiger partial charge in [-0.2, -0.15) is 11.8 Å². The van der Waals surface area contributed by atoms with Crippen LogP contribution in [-0.2, 0) is 21.8 Å². The highest BCUT2D eigenvalue weighted by molar-refractivity contribution is 7.98. The van der Waals surface area contributed by atoms with Crippen molar-refractivity contribution < 1.29 is 9.53 Å². The molecule has 0 spiro atoms. The van der Waals surface area contributed by atoms with Gasteiger partial charge in [0, 0.05) is 24.2 Å². The smallest absolute Gasteiger partial charge is 0.322 e. The summed E-state index contributed by atoms with van der Waals surface area (Å²) in [6.45, 7) is 3.01. The number of esters is 1. The third kappa shape index (κ3) is 4.40. The van der Waals surface area contributed by atoms with Gasteiger partial charge in [-0.25, -0.2) is 4.98 Å². The van der Waals surface area contributed by atoms with Gasteiger partial charge < -0.3 is 15.0 Å². The molecule has 1 unspecified atom stereocenters. The van der Waals surface area contributed by atoms with Gasteiger partial charge in [-0.1, -0.05) is 0 Å². The minimum atomic E-state index is -0.511. The maximum atomic E-state index is 11.1. The second-order valence-corrected chi connectivity index (χ2v) is 4.75. The maximum absolute atomic E-state index is 11.1. The normalized spacial score (nSPS) is 12.4. The fraction of sp³-hybridized carbons (Fsp3) is 0.636. The van der Waals surface area contributed by atoms with Gasteiger partial charge in [-0.15, -0.1) is 0 Å². The lowest BCUT2D eigenvalue weighted by molar-refractivity contribution is -0.142. The summed E-state index contributed by atoms with van der Waals surface area (Å²) in [7, 11) is 1.36. The molecular formula is C11H19N3O2S. The van der Waals surface area contributed by atoms with Gasteiger partial charge in [0.15, 0.2) is 0 Å². The van der Waals surface area contributed by atoms with Crippen molar-refractivity contribution in [3.05, 3.63) is 18.2 Å². The summed E-state index contributed by atoms with van der Waals surface area (Å²) in [4.78, 5) is 15.2. The first kappa shape index (κ1) is 14.1. The van der Waals surface area contributed by atoms with E-state index in [0.29, 0.717) is 6.42 Å². The van der Waals surface area contributed by atoms with Gasteiger partial charge in [-0.3, -0.25) is 4.79 Å². The molecular weight excluding hydrogens is 238 g/mol. The Morgan fingerprint density at radius 2 is 2.47 bits per heavy atom. The molecule has 17 heavy (non-hydrogen) atoms. The van der Waals surface area contributed by atoms with Crippen LogP contribution in [0.1, 0.15) is 19.0 Å². The zero-order valence-electron chi connectivity index (χ0n) is 10.3. The zero-order chi connectivity index (χ0) is 12.7. The molecule has 0 saturated carbocycles. The number of imidazole rings is 1. The second-order valence-electron chi connectivity index (χ2n) is 3.64. The Hall–Kier alpha value is -1.01. The van der Waals surface area contributed by atoms with Crippen molar-refractivity contribution >= 4 is 17.7 Å². The van der Waals surface area contributed by atoms with E-state index in [9.17, 15) is 4.79 Å². The zero-order valence-corrected chi connectivity index (χ0v) is 11.1. The van der Waals surface area contributed by atoms with Gasteiger partial charge in [0.2, 0.25) is 0 Å². The molecule has 0 amide bonds. The molecule has 1 aromatic rings. The molecule has 0 bridgehead atoms. The molecule has 0 saturated heterocycles. The van der Waals surface area contributed by atoms with Gasteiger partial charge in [-0.05, 0) is 19.1 Å². The summed E-state index contributed by atoms with van der Waals surface area (Å²) in [6, 6.07) is -0.511. The fourth-order valence-electron chi connectivity index (χ4n) is 1.41. The number of ether oxygens (including phenoxy) is 1. The number of carbonyl (C=O) groups is 1. The lowest BCUT2D eigenvalue weighted by Gasteiger charge is -2.09. The van der Waals surface area contributed by atoms with Crippen LogP contribution in [0.3, 0.4) is 0 Å². The predicted octanol–water partition coefficient (Wildman–Crippen LogP) is 1.03. The number of aromatic nitrogens is 2. The topological polar surface area (TPSA) is 70.1 Å². The molecule has 0 radical (unpaired) electrons. The van der Waals surface area contributed by atoms with E-state index in [2.05, 4.69) is 21.2 Å². The lowest BCUT2D eigenvalue weighted by atomic mass is 10.2. The SMILES string of the molecule is CCn1cncc1CSCCC(N)C(=O)OC. The van der Waals surface area contributed by atoms with Crippen LogP contribution in [0.15, 0.2) is 12.5 Å². The van der Waals surface area contributed by atoms with Crippen LogP contribution in [0, 0.1) is 0 Å². The van der Waals surface area contributed by atoms with Crippen LogP contribution in [-0.4, -0.2) is 34.4 Å². The number of hydrogen-bond acceptors (Lipinski definition) is 5. The van der Waals surface area contributed by atoms with Crippen LogP contribution >= 0.6 is 11.8 Å². The van der Waals surface area contributed by atoms with Gasteiger partial charge in [0.05, 0.1) is 13.4 Å². The van der Waals surface area contributed by atoms with E-state index in [0.717, 1.165) is 18.1 Å². The number of methoxy groups -OCH3 is 1. The summed E-state index contributed by atoms with van der Waals surface area (Å²) < 4.78 is 6.67. The first-order valence-electron chi connectivity index (χ1n) is 5.59. The summed E-state index contributed by atoms with van der Waals surface area (Å²) in [5, 5.41) is 0. The van der Waals surface area contributed by atoms with Crippen molar-refractivity contribution in [1.82, 2.24) is 9.55 Å². The molecule has 1 atom stereocenters. The standard InChI is InChI=1S/C11H19N3O2S/c1-3-14-8-13-6-9(14)7-17-5-4-10(12)11(15)16-2/h6,8,10H,3-5,7,12H2,1-2H3. The van der Waals surface area contributed by atoms with E-state index >= 15 is 0 Å². The molecule has 2 N–H and O–H groups in total. The monoisotopic (exact) mass is 257 g/mol. The average Bonchev–Trinajstić information content (AvgIpc) is 2.80. The van der Waals surface area contributed by atoms with E-state index in [1.54, 1.807) is 11.8 Å². The number of nitrogens with two attached hydrogens (primary N) is 1. The highest BCUT2D eigenvalue weighted by Crippen LogP contribution is 2.13. The average molecular weight is 257 g/mol. The van der Waals surface area contributed by atoms with Crippen LogP contribution in [0.5, 0.6) is 0 Å². The summed E-state index contributed by atoms with van der Waals surface area (Å²) in [5.74, 6) is 1.39. The van der Waals surface area contributed by atoms with Crippen molar-refractivity contribution in [2.75, 3.05) is 12.9 Å². The van der Waals surface area contributed by atoms with E-state index in [1.165, 1.54) is 12.8 Å². The Morgan fingerprint density at radius 3 is 3.12 bits per heavy atom. The Labute approximate surface area is 106 Å². The maximum Gasteiger partial charge on any atom is 0.322 e. The number of thioether (sulfide) groups is 1. The van der Waals surface area contributed by atoms with Crippen LogP contribution in [0.25, 0.3) is 0 Å². The molecule has 0 aliphatic heterocycles. The highest BCUT2D eigenvalue weighted by atomic mass is 32.2.